The van der Waals surface area contributed by atoms with Crippen molar-refractivity contribution >= 4 is 17.3 Å². The zero-order valence-electron chi connectivity index (χ0n) is 11.9. The first-order valence-corrected chi connectivity index (χ1v) is 7.14. The van der Waals surface area contributed by atoms with E-state index >= 15 is 0 Å². The summed E-state index contributed by atoms with van der Waals surface area (Å²) in [6.07, 6.45) is 0.802. The third kappa shape index (κ3) is 3.64. The van der Waals surface area contributed by atoms with E-state index in [-0.39, 0.29) is 22.3 Å². The van der Waals surface area contributed by atoms with Crippen LogP contribution in [0.5, 0.6) is 5.75 Å². The Morgan fingerprint density at radius 1 is 1.50 bits per heavy atom. The van der Waals surface area contributed by atoms with Gasteiger partial charge in [0.1, 0.15) is 17.4 Å². The fraction of sp³-hybridized carbons (Fsp3) is 0.500. The number of ether oxygens (including phenoxy) is 1. The first kappa shape index (κ1) is 16.9. The van der Waals surface area contributed by atoms with Gasteiger partial charge in [-0.3, -0.25) is 0 Å². The van der Waals surface area contributed by atoms with E-state index in [0.717, 1.165) is 6.42 Å². The Labute approximate surface area is 130 Å². The summed E-state index contributed by atoms with van der Waals surface area (Å²) in [6.45, 7) is 0.183. The topological polar surface area (TPSA) is 53.9 Å². The van der Waals surface area contributed by atoms with E-state index in [2.05, 4.69) is 10.5 Å². The lowest BCUT2D eigenvalue weighted by Gasteiger charge is -2.21. The molecule has 0 saturated heterocycles. The quantitative estimate of drug-likeness (QED) is 0.869. The summed E-state index contributed by atoms with van der Waals surface area (Å²) < 4.78 is 45.1. The fourth-order valence-corrected chi connectivity index (χ4v) is 2.28. The summed E-state index contributed by atoms with van der Waals surface area (Å²) >= 11 is 5.85. The van der Waals surface area contributed by atoms with E-state index < -0.39 is 25.0 Å². The van der Waals surface area contributed by atoms with Gasteiger partial charge in [-0.05, 0) is 18.6 Å². The van der Waals surface area contributed by atoms with Crippen molar-refractivity contribution in [1.29, 1.82) is 0 Å². The molecule has 0 bridgehead atoms. The SMILES string of the molecule is CC1CCNN=C1c1ccc(OCC(F)(F)CO)c(Cl)c1F. The monoisotopic (exact) mass is 336 g/mol. The molecule has 4 nitrogen and oxygen atoms in total. The van der Waals surface area contributed by atoms with Crippen LogP contribution >= 0.6 is 11.6 Å². The molecule has 1 heterocycles. The highest BCUT2D eigenvalue weighted by molar-refractivity contribution is 6.32. The third-order valence-electron chi connectivity index (χ3n) is 3.35. The Bertz CT molecular complexity index is 581. The van der Waals surface area contributed by atoms with Crippen LogP contribution in [0.4, 0.5) is 13.2 Å². The Hall–Kier alpha value is -1.47. The number of benzene rings is 1. The maximum Gasteiger partial charge on any atom is 0.303 e. The number of hydrogen-bond acceptors (Lipinski definition) is 4. The number of nitrogens with one attached hydrogen (secondary N) is 1. The summed E-state index contributed by atoms with van der Waals surface area (Å²) in [4.78, 5) is 0. The van der Waals surface area contributed by atoms with Gasteiger partial charge in [-0.15, -0.1) is 0 Å². The molecular weight excluding hydrogens is 321 g/mol. The Kier molecular flexibility index (Phi) is 5.18. The number of alkyl halides is 2. The van der Waals surface area contributed by atoms with E-state index in [0.29, 0.717) is 12.3 Å². The molecule has 0 fully saturated rings. The van der Waals surface area contributed by atoms with Crippen molar-refractivity contribution in [3.05, 3.63) is 28.5 Å². The number of hydrazone groups is 1. The summed E-state index contributed by atoms with van der Waals surface area (Å²) in [7, 11) is 0. The van der Waals surface area contributed by atoms with Crippen molar-refractivity contribution in [2.75, 3.05) is 19.8 Å². The average molecular weight is 337 g/mol. The minimum atomic E-state index is -3.41. The van der Waals surface area contributed by atoms with Crippen molar-refractivity contribution in [1.82, 2.24) is 5.43 Å². The van der Waals surface area contributed by atoms with Crippen LogP contribution in [0.3, 0.4) is 0 Å². The second-order valence-electron chi connectivity index (χ2n) is 5.14. The van der Waals surface area contributed by atoms with E-state index in [9.17, 15) is 13.2 Å². The van der Waals surface area contributed by atoms with Crippen LogP contribution in [0, 0.1) is 11.7 Å². The molecule has 1 atom stereocenters. The van der Waals surface area contributed by atoms with Gasteiger partial charge in [0.2, 0.25) is 0 Å². The van der Waals surface area contributed by atoms with Gasteiger partial charge >= 0.3 is 5.92 Å². The molecule has 1 aliphatic rings. The van der Waals surface area contributed by atoms with Crippen LogP contribution in [0.25, 0.3) is 0 Å². The van der Waals surface area contributed by atoms with Crippen LogP contribution in [0.15, 0.2) is 17.2 Å². The average Bonchev–Trinajstić information content (AvgIpc) is 2.50. The molecule has 22 heavy (non-hydrogen) atoms. The first-order valence-electron chi connectivity index (χ1n) is 6.76. The molecule has 122 valence electrons. The minimum absolute atomic E-state index is 0.0531. The lowest BCUT2D eigenvalue weighted by atomic mass is 9.94. The molecule has 0 saturated carbocycles. The lowest BCUT2D eigenvalue weighted by molar-refractivity contribution is -0.0801. The van der Waals surface area contributed by atoms with E-state index in [4.69, 9.17) is 21.4 Å². The number of rotatable bonds is 5. The number of nitrogens with zero attached hydrogens (tertiary/aromatic N) is 1. The minimum Gasteiger partial charge on any atom is -0.486 e. The largest absolute Gasteiger partial charge is 0.486 e. The normalized spacial score (nSPS) is 18.6. The molecule has 1 unspecified atom stereocenters. The van der Waals surface area contributed by atoms with Gasteiger partial charge in [0, 0.05) is 18.0 Å². The second-order valence-corrected chi connectivity index (χ2v) is 5.51. The molecular formula is C14H16ClF3N2O2. The van der Waals surface area contributed by atoms with Crippen LogP contribution in [-0.4, -0.2) is 36.5 Å². The zero-order chi connectivity index (χ0) is 16.3. The van der Waals surface area contributed by atoms with Crippen molar-refractivity contribution in [3.63, 3.8) is 0 Å². The molecule has 1 aliphatic heterocycles. The predicted molar refractivity (Wildman–Crippen MR) is 77.3 cm³/mol. The summed E-state index contributed by atoms with van der Waals surface area (Å²) in [6, 6.07) is 2.72. The van der Waals surface area contributed by atoms with Crippen LogP contribution in [0.2, 0.25) is 5.02 Å². The van der Waals surface area contributed by atoms with E-state index in [1.807, 2.05) is 6.92 Å². The van der Waals surface area contributed by atoms with E-state index in [1.165, 1.54) is 12.1 Å². The molecule has 0 aromatic heterocycles. The van der Waals surface area contributed by atoms with Crippen molar-refractivity contribution in [3.8, 4) is 5.75 Å². The molecule has 2 rings (SSSR count). The number of halogens is 4. The third-order valence-corrected chi connectivity index (χ3v) is 3.70. The Morgan fingerprint density at radius 3 is 2.86 bits per heavy atom. The van der Waals surface area contributed by atoms with Crippen molar-refractivity contribution in [2.45, 2.75) is 19.3 Å². The van der Waals surface area contributed by atoms with Crippen molar-refractivity contribution in [2.24, 2.45) is 11.0 Å². The fourth-order valence-electron chi connectivity index (χ4n) is 2.06. The van der Waals surface area contributed by atoms with Crippen LogP contribution in [-0.2, 0) is 0 Å². The molecule has 0 spiro atoms. The molecule has 2 N–H and O–H groups in total. The van der Waals surface area contributed by atoms with Crippen LogP contribution in [0.1, 0.15) is 18.9 Å². The van der Waals surface area contributed by atoms with Gasteiger partial charge in [-0.2, -0.15) is 5.10 Å². The number of aliphatic hydroxyl groups is 1. The summed E-state index contributed by atoms with van der Waals surface area (Å²) in [5.41, 5.74) is 3.54. The van der Waals surface area contributed by atoms with Gasteiger partial charge in [-0.25, -0.2) is 13.2 Å². The van der Waals surface area contributed by atoms with Gasteiger partial charge in [0.05, 0.1) is 5.71 Å². The van der Waals surface area contributed by atoms with Gasteiger partial charge in [-0.1, -0.05) is 18.5 Å². The predicted octanol–water partition coefficient (Wildman–Crippen LogP) is 2.82. The molecule has 0 radical (unpaired) electrons. The van der Waals surface area contributed by atoms with Crippen LogP contribution < -0.4 is 10.2 Å². The standard InChI is InChI=1S/C14H16ClF3N2O2/c1-8-4-5-19-20-13(8)9-2-3-10(11(15)12(9)16)22-7-14(17,18)6-21/h2-3,8,19,21H,4-7H2,1H3. The summed E-state index contributed by atoms with van der Waals surface area (Å²) in [5.74, 6) is -4.32. The lowest BCUT2D eigenvalue weighted by Crippen LogP contribution is -2.30. The first-order chi connectivity index (χ1) is 10.4. The number of aliphatic hydroxyl groups excluding tert-OH is 1. The van der Waals surface area contributed by atoms with Crippen molar-refractivity contribution < 1.29 is 23.0 Å². The van der Waals surface area contributed by atoms with Gasteiger partial charge in [0.15, 0.2) is 12.4 Å². The molecule has 1 aromatic rings. The summed E-state index contributed by atoms with van der Waals surface area (Å²) in [5, 5.41) is 12.2. The number of hydrogen-bond donors (Lipinski definition) is 2. The zero-order valence-corrected chi connectivity index (χ0v) is 12.6. The Balaban J connectivity index is 2.24. The Morgan fingerprint density at radius 2 is 2.23 bits per heavy atom. The highest BCUT2D eigenvalue weighted by atomic mass is 35.5. The molecule has 8 heteroatoms. The highest BCUT2D eigenvalue weighted by Gasteiger charge is 2.30. The van der Waals surface area contributed by atoms with Gasteiger partial charge in [0.25, 0.3) is 0 Å². The van der Waals surface area contributed by atoms with E-state index in [1.54, 1.807) is 0 Å². The highest BCUT2D eigenvalue weighted by Crippen LogP contribution is 2.32. The second kappa shape index (κ2) is 6.75. The maximum absolute atomic E-state index is 14.4. The molecule has 1 aromatic carbocycles. The molecule has 0 amide bonds. The smallest absolute Gasteiger partial charge is 0.303 e. The maximum atomic E-state index is 14.4. The van der Waals surface area contributed by atoms with Gasteiger partial charge < -0.3 is 15.3 Å². The molecule has 0 aliphatic carbocycles.